The van der Waals surface area contributed by atoms with Crippen molar-refractivity contribution in [2.45, 2.75) is 11.8 Å². The molecular weight excluding hydrogens is 250 g/mol. The number of pyridine rings is 1. The Morgan fingerprint density at radius 3 is 2.62 bits per heavy atom. The Hall–Kier alpha value is -1.40. The molecule has 0 aliphatic carbocycles. The van der Waals surface area contributed by atoms with Crippen LogP contribution in [-0.4, -0.2) is 23.2 Å². The Morgan fingerprint density at radius 1 is 1.38 bits per heavy atom. The summed E-state index contributed by atoms with van der Waals surface area (Å²) in [6, 6.07) is 5.28. The van der Waals surface area contributed by atoms with E-state index in [0.29, 0.717) is 11.5 Å². The van der Waals surface area contributed by atoms with E-state index in [9.17, 15) is 8.42 Å². The van der Waals surface area contributed by atoms with Gasteiger partial charge in [0.2, 0.25) is 0 Å². The number of hydrogen-bond acceptors (Lipinski definition) is 4. The fourth-order valence-corrected chi connectivity index (χ4v) is 2.41. The third-order valence-corrected chi connectivity index (χ3v) is 3.52. The van der Waals surface area contributed by atoms with Crippen LogP contribution in [0.15, 0.2) is 35.5 Å². The summed E-state index contributed by atoms with van der Waals surface area (Å²) in [7, 11) is 1.50. The highest BCUT2D eigenvalue weighted by atomic mass is 35.7. The Labute approximate surface area is 97.1 Å². The molecule has 16 heavy (non-hydrogen) atoms. The second kappa shape index (κ2) is 3.88. The molecule has 0 saturated heterocycles. The molecule has 0 spiro atoms. The summed E-state index contributed by atoms with van der Waals surface area (Å²) >= 11 is 0. The van der Waals surface area contributed by atoms with Gasteiger partial charge in [0.05, 0.1) is 11.9 Å². The molecule has 5 nitrogen and oxygen atoms in total. The first-order valence-electron chi connectivity index (χ1n) is 4.41. The lowest BCUT2D eigenvalue weighted by Gasteiger charge is -2.02. The van der Waals surface area contributed by atoms with E-state index in [1.54, 1.807) is 31.3 Å². The van der Waals surface area contributed by atoms with Crippen LogP contribution >= 0.6 is 10.7 Å². The van der Waals surface area contributed by atoms with Crippen LogP contribution in [0.2, 0.25) is 0 Å². The molecule has 2 heterocycles. The zero-order chi connectivity index (χ0) is 11.8. The van der Waals surface area contributed by atoms with E-state index in [4.69, 9.17) is 10.7 Å². The molecule has 2 rings (SSSR count). The maximum atomic E-state index is 11.2. The molecule has 7 heteroatoms. The van der Waals surface area contributed by atoms with Gasteiger partial charge < -0.3 is 0 Å². The van der Waals surface area contributed by atoms with E-state index in [2.05, 4.69) is 10.1 Å². The Morgan fingerprint density at radius 2 is 2.12 bits per heavy atom. The molecule has 0 saturated carbocycles. The SMILES string of the molecule is Cc1c(S(=O)(=O)Cl)cnn1-c1ccccn1. The number of rotatable bonds is 2. The monoisotopic (exact) mass is 257 g/mol. The average molecular weight is 258 g/mol. The van der Waals surface area contributed by atoms with E-state index in [1.807, 2.05) is 0 Å². The van der Waals surface area contributed by atoms with Gasteiger partial charge in [-0.3, -0.25) is 0 Å². The maximum absolute atomic E-state index is 11.2. The van der Waals surface area contributed by atoms with Crippen molar-refractivity contribution in [3.8, 4) is 5.82 Å². The summed E-state index contributed by atoms with van der Waals surface area (Å²) in [4.78, 5) is 4.07. The van der Waals surface area contributed by atoms with Gasteiger partial charge in [-0.25, -0.2) is 18.1 Å². The summed E-state index contributed by atoms with van der Waals surface area (Å²) in [5.74, 6) is 0.548. The number of nitrogens with zero attached hydrogens (tertiary/aromatic N) is 3. The van der Waals surface area contributed by atoms with E-state index in [0.717, 1.165) is 0 Å². The van der Waals surface area contributed by atoms with Crippen LogP contribution < -0.4 is 0 Å². The van der Waals surface area contributed by atoms with Gasteiger partial charge >= 0.3 is 0 Å². The van der Waals surface area contributed by atoms with Gasteiger partial charge in [-0.2, -0.15) is 5.10 Å². The van der Waals surface area contributed by atoms with Crippen molar-refractivity contribution in [1.29, 1.82) is 0 Å². The first kappa shape index (κ1) is 11.1. The van der Waals surface area contributed by atoms with E-state index in [1.165, 1.54) is 10.9 Å². The molecule has 0 aromatic carbocycles. The molecule has 0 bridgehead atoms. The topological polar surface area (TPSA) is 64.8 Å². The average Bonchev–Trinajstić information content (AvgIpc) is 2.61. The maximum Gasteiger partial charge on any atom is 0.264 e. The van der Waals surface area contributed by atoms with Crippen molar-refractivity contribution < 1.29 is 8.42 Å². The highest BCUT2D eigenvalue weighted by Gasteiger charge is 2.18. The van der Waals surface area contributed by atoms with Crippen molar-refractivity contribution in [3.63, 3.8) is 0 Å². The summed E-state index contributed by atoms with van der Waals surface area (Å²) < 4.78 is 23.8. The highest BCUT2D eigenvalue weighted by Crippen LogP contribution is 2.20. The van der Waals surface area contributed by atoms with Crippen LogP contribution in [0.4, 0.5) is 0 Å². The Kier molecular flexibility index (Phi) is 2.69. The first-order valence-corrected chi connectivity index (χ1v) is 6.72. The fourth-order valence-electron chi connectivity index (χ4n) is 1.34. The van der Waals surface area contributed by atoms with Gasteiger partial charge in [0, 0.05) is 16.9 Å². The third-order valence-electron chi connectivity index (χ3n) is 2.09. The zero-order valence-electron chi connectivity index (χ0n) is 8.33. The number of halogens is 1. The normalized spacial score (nSPS) is 11.6. The van der Waals surface area contributed by atoms with Crippen LogP contribution in [0, 0.1) is 6.92 Å². The minimum Gasteiger partial charge on any atom is -0.237 e. The molecule has 2 aromatic rings. The van der Waals surface area contributed by atoms with E-state index in [-0.39, 0.29) is 4.90 Å². The van der Waals surface area contributed by atoms with Crippen molar-refractivity contribution in [1.82, 2.24) is 14.8 Å². The Bertz CT molecular complexity index is 607. The molecule has 0 atom stereocenters. The quantitative estimate of drug-likeness (QED) is 0.765. The highest BCUT2D eigenvalue weighted by molar-refractivity contribution is 8.13. The summed E-state index contributed by atoms with van der Waals surface area (Å²) in [6.07, 6.45) is 2.82. The van der Waals surface area contributed by atoms with Crippen LogP contribution in [0.3, 0.4) is 0 Å². The molecular formula is C9H8ClN3O2S. The van der Waals surface area contributed by atoms with Crippen molar-refractivity contribution in [2.24, 2.45) is 0 Å². The van der Waals surface area contributed by atoms with Crippen LogP contribution in [0.25, 0.3) is 5.82 Å². The lowest BCUT2D eigenvalue weighted by Crippen LogP contribution is -2.02. The van der Waals surface area contributed by atoms with Crippen LogP contribution in [0.1, 0.15) is 5.69 Å². The smallest absolute Gasteiger partial charge is 0.237 e. The summed E-state index contributed by atoms with van der Waals surface area (Å²) in [5, 5.41) is 3.94. The molecule has 0 aliphatic heterocycles. The summed E-state index contributed by atoms with van der Waals surface area (Å²) in [5.41, 5.74) is 0.439. The number of aromatic nitrogens is 3. The molecule has 84 valence electrons. The molecule has 0 unspecified atom stereocenters. The lowest BCUT2D eigenvalue weighted by molar-refractivity contribution is 0.609. The van der Waals surface area contributed by atoms with Gasteiger partial charge in [0.1, 0.15) is 4.90 Å². The van der Waals surface area contributed by atoms with Crippen LogP contribution in [-0.2, 0) is 9.05 Å². The third kappa shape index (κ3) is 1.94. The minimum absolute atomic E-state index is 0.000167. The standard InChI is InChI=1S/C9H8ClN3O2S/c1-7-8(16(10,14)15)6-12-13(7)9-4-2-3-5-11-9/h2-6H,1H3. The second-order valence-corrected chi connectivity index (χ2v) is 5.67. The molecule has 0 radical (unpaired) electrons. The van der Waals surface area contributed by atoms with Gasteiger partial charge in [-0.05, 0) is 19.1 Å². The van der Waals surface area contributed by atoms with Crippen molar-refractivity contribution >= 4 is 19.7 Å². The minimum atomic E-state index is -3.76. The van der Waals surface area contributed by atoms with Gasteiger partial charge in [-0.15, -0.1) is 0 Å². The molecule has 0 fully saturated rings. The Balaban J connectivity index is 2.59. The lowest BCUT2D eigenvalue weighted by atomic mass is 10.4. The zero-order valence-corrected chi connectivity index (χ0v) is 9.90. The molecule has 0 N–H and O–H groups in total. The van der Waals surface area contributed by atoms with Gasteiger partial charge in [-0.1, -0.05) is 6.07 Å². The van der Waals surface area contributed by atoms with E-state index < -0.39 is 9.05 Å². The predicted octanol–water partition coefficient (Wildman–Crippen LogP) is 1.50. The van der Waals surface area contributed by atoms with Gasteiger partial charge in [0.25, 0.3) is 9.05 Å². The fraction of sp³-hybridized carbons (Fsp3) is 0.111. The largest absolute Gasteiger partial charge is 0.264 e. The predicted molar refractivity (Wildman–Crippen MR) is 59.1 cm³/mol. The van der Waals surface area contributed by atoms with Crippen LogP contribution in [0.5, 0.6) is 0 Å². The van der Waals surface area contributed by atoms with E-state index >= 15 is 0 Å². The number of hydrogen-bond donors (Lipinski definition) is 0. The molecule has 0 aliphatic rings. The second-order valence-electron chi connectivity index (χ2n) is 3.13. The van der Waals surface area contributed by atoms with Crippen molar-refractivity contribution in [3.05, 3.63) is 36.3 Å². The van der Waals surface area contributed by atoms with Crippen molar-refractivity contribution in [2.75, 3.05) is 0 Å². The summed E-state index contributed by atoms with van der Waals surface area (Å²) in [6.45, 7) is 1.62. The van der Waals surface area contributed by atoms with Gasteiger partial charge in [0.15, 0.2) is 5.82 Å². The first-order chi connectivity index (χ1) is 7.50. The molecule has 0 amide bonds. The molecule has 2 aromatic heterocycles.